The lowest BCUT2D eigenvalue weighted by atomic mass is 10.1. The second-order valence-electron chi connectivity index (χ2n) is 3.52. The fourth-order valence-corrected chi connectivity index (χ4v) is 1.67. The fourth-order valence-electron chi connectivity index (χ4n) is 1.49. The van der Waals surface area contributed by atoms with Gasteiger partial charge in [-0.15, -0.1) is 0 Å². The minimum Gasteiger partial charge on any atom is -0.398 e. The molecule has 0 radical (unpaired) electrons. The van der Waals surface area contributed by atoms with Crippen molar-refractivity contribution in [2.24, 2.45) is 0 Å². The van der Waals surface area contributed by atoms with E-state index >= 15 is 0 Å². The summed E-state index contributed by atoms with van der Waals surface area (Å²) in [4.78, 5) is 13.7. The Bertz CT molecular complexity index is 454. The first-order valence-electron chi connectivity index (χ1n) is 5.31. The molecule has 0 unspecified atom stereocenters. The Morgan fingerprint density at radius 2 is 2.29 bits per heavy atom. The van der Waals surface area contributed by atoms with E-state index in [1.165, 1.54) is 0 Å². The lowest BCUT2D eigenvalue weighted by Crippen LogP contribution is -2.32. The summed E-state index contributed by atoms with van der Waals surface area (Å²) in [6, 6.07) is 6.80. The standard InChI is InChI=1S/C12H14ClN3O/c1-2-16(7-3-6-14)12(17)10-5-4-9(13)8-11(10)15/h4-5,8H,2-3,7,15H2,1H3. The third-order valence-electron chi connectivity index (χ3n) is 2.41. The molecule has 2 N–H and O–H groups in total. The van der Waals surface area contributed by atoms with Crippen molar-refractivity contribution in [3.8, 4) is 6.07 Å². The number of anilines is 1. The van der Waals surface area contributed by atoms with Crippen LogP contribution < -0.4 is 5.73 Å². The Morgan fingerprint density at radius 1 is 1.59 bits per heavy atom. The molecular formula is C12H14ClN3O. The molecule has 0 aromatic heterocycles. The van der Waals surface area contributed by atoms with E-state index in [0.717, 1.165) is 0 Å². The molecule has 17 heavy (non-hydrogen) atoms. The quantitative estimate of drug-likeness (QED) is 0.835. The number of amides is 1. The highest BCUT2D eigenvalue weighted by Crippen LogP contribution is 2.19. The average Bonchev–Trinajstić information content (AvgIpc) is 2.29. The third-order valence-corrected chi connectivity index (χ3v) is 2.64. The third kappa shape index (κ3) is 3.36. The van der Waals surface area contributed by atoms with Crippen LogP contribution >= 0.6 is 11.6 Å². The number of halogens is 1. The van der Waals surface area contributed by atoms with Gasteiger partial charge in [-0.2, -0.15) is 5.26 Å². The van der Waals surface area contributed by atoms with Crippen molar-refractivity contribution in [2.45, 2.75) is 13.3 Å². The van der Waals surface area contributed by atoms with Crippen molar-refractivity contribution in [1.82, 2.24) is 4.90 Å². The topological polar surface area (TPSA) is 70.1 Å². The normalized spacial score (nSPS) is 9.71. The highest BCUT2D eigenvalue weighted by molar-refractivity contribution is 6.31. The van der Waals surface area contributed by atoms with Gasteiger partial charge in [-0.3, -0.25) is 4.79 Å². The van der Waals surface area contributed by atoms with Gasteiger partial charge in [0.1, 0.15) is 0 Å². The van der Waals surface area contributed by atoms with Crippen molar-refractivity contribution >= 4 is 23.2 Å². The summed E-state index contributed by atoms with van der Waals surface area (Å²) in [5, 5.41) is 9.02. The van der Waals surface area contributed by atoms with Gasteiger partial charge < -0.3 is 10.6 Å². The average molecular weight is 252 g/mol. The molecule has 1 amide bonds. The van der Waals surface area contributed by atoms with Gasteiger partial charge in [-0.25, -0.2) is 0 Å². The van der Waals surface area contributed by atoms with Crippen LogP contribution in [0, 0.1) is 11.3 Å². The molecule has 1 aromatic rings. The summed E-state index contributed by atoms with van der Waals surface area (Å²) in [5.74, 6) is -0.170. The van der Waals surface area contributed by atoms with Gasteiger partial charge in [-0.05, 0) is 25.1 Å². The Hall–Kier alpha value is -1.73. The van der Waals surface area contributed by atoms with Crippen molar-refractivity contribution < 1.29 is 4.79 Å². The van der Waals surface area contributed by atoms with E-state index in [1.54, 1.807) is 23.1 Å². The number of nitrogens with two attached hydrogens (primary N) is 1. The van der Waals surface area contributed by atoms with E-state index in [1.807, 2.05) is 13.0 Å². The maximum absolute atomic E-state index is 12.1. The molecule has 1 rings (SSSR count). The highest BCUT2D eigenvalue weighted by atomic mass is 35.5. The summed E-state index contributed by atoms with van der Waals surface area (Å²) in [6.45, 7) is 2.82. The van der Waals surface area contributed by atoms with E-state index < -0.39 is 0 Å². The molecule has 0 aliphatic rings. The van der Waals surface area contributed by atoms with Crippen LogP contribution in [0.2, 0.25) is 5.02 Å². The second kappa shape index (κ2) is 6.12. The van der Waals surface area contributed by atoms with Crippen LogP contribution in [-0.4, -0.2) is 23.9 Å². The number of carbonyl (C=O) groups excluding carboxylic acids is 1. The van der Waals surface area contributed by atoms with Gasteiger partial charge in [0.15, 0.2) is 0 Å². The first kappa shape index (κ1) is 13.3. The minimum absolute atomic E-state index is 0.170. The molecule has 5 heteroatoms. The zero-order valence-corrected chi connectivity index (χ0v) is 10.4. The Balaban J connectivity index is 2.90. The molecule has 0 saturated heterocycles. The number of carbonyl (C=O) groups is 1. The van der Waals surface area contributed by atoms with E-state index in [2.05, 4.69) is 0 Å². The summed E-state index contributed by atoms with van der Waals surface area (Å²) in [5.41, 5.74) is 6.53. The second-order valence-corrected chi connectivity index (χ2v) is 3.96. The van der Waals surface area contributed by atoms with Gasteiger partial charge in [0.25, 0.3) is 5.91 Å². The zero-order chi connectivity index (χ0) is 12.8. The van der Waals surface area contributed by atoms with E-state index in [0.29, 0.717) is 35.8 Å². The Morgan fingerprint density at radius 3 is 2.82 bits per heavy atom. The molecule has 0 fully saturated rings. The lowest BCUT2D eigenvalue weighted by molar-refractivity contribution is 0.0769. The van der Waals surface area contributed by atoms with Crippen LogP contribution in [0.4, 0.5) is 5.69 Å². The SMILES string of the molecule is CCN(CCC#N)C(=O)c1ccc(Cl)cc1N. The largest absolute Gasteiger partial charge is 0.398 e. The highest BCUT2D eigenvalue weighted by Gasteiger charge is 2.16. The van der Waals surface area contributed by atoms with Crippen LogP contribution in [0.25, 0.3) is 0 Å². The molecule has 0 aliphatic carbocycles. The molecule has 0 saturated carbocycles. The fraction of sp³-hybridized carbons (Fsp3) is 0.333. The number of hydrogen-bond donors (Lipinski definition) is 1. The van der Waals surface area contributed by atoms with E-state index in [4.69, 9.17) is 22.6 Å². The molecule has 1 aromatic carbocycles. The van der Waals surface area contributed by atoms with Crippen molar-refractivity contribution in [3.05, 3.63) is 28.8 Å². The molecular weight excluding hydrogens is 238 g/mol. The summed E-state index contributed by atoms with van der Waals surface area (Å²) < 4.78 is 0. The number of rotatable bonds is 4. The summed E-state index contributed by atoms with van der Waals surface area (Å²) in [7, 11) is 0. The summed E-state index contributed by atoms with van der Waals surface area (Å²) in [6.07, 6.45) is 0.313. The van der Waals surface area contributed by atoms with Crippen molar-refractivity contribution in [3.63, 3.8) is 0 Å². The molecule has 90 valence electrons. The van der Waals surface area contributed by atoms with Gasteiger partial charge in [0.2, 0.25) is 0 Å². The van der Waals surface area contributed by atoms with Gasteiger partial charge in [0.05, 0.1) is 18.1 Å². The van der Waals surface area contributed by atoms with Crippen LogP contribution in [0.3, 0.4) is 0 Å². The van der Waals surface area contributed by atoms with Crippen LogP contribution in [-0.2, 0) is 0 Å². The maximum Gasteiger partial charge on any atom is 0.255 e. The zero-order valence-electron chi connectivity index (χ0n) is 9.61. The van der Waals surface area contributed by atoms with Crippen LogP contribution in [0.15, 0.2) is 18.2 Å². The number of benzene rings is 1. The van der Waals surface area contributed by atoms with Crippen LogP contribution in [0.1, 0.15) is 23.7 Å². The predicted molar refractivity (Wildman–Crippen MR) is 67.7 cm³/mol. The van der Waals surface area contributed by atoms with Gasteiger partial charge in [-0.1, -0.05) is 11.6 Å². The number of nitriles is 1. The first-order valence-corrected chi connectivity index (χ1v) is 5.69. The number of hydrogen-bond acceptors (Lipinski definition) is 3. The van der Waals surface area contributed by atoms with E-state index in [9.17, 15) is 4.79 Å². The molecule has 0 heterocycles. The molecule has 0 atom stereocenters. The number of nitrogens with zero attached hydrogens (tertiary/aromatic N) is 2. The van der Waals surface area contributed by atoms with Gasteiger partial charge >= 0.3 is 0 Å². The number of nitrogen functional groups attached to an aromatic ring is 1. The van der Waals surface area contributed by atoms with Crippen molar-refractivity contribution in [1.29, 1.82) is 5.26 Å². The molecule has 0 aliphatic heterocycles. The lowest BCUT2D eigenvalue weighted by Gasteiger charge is -2.20. The van der Waals surface area contributed by atoms with E-state index in [-0.39, 0.29) is 5.91 Å². The maximum atomic E-state index is 12.1. The Labute approximate surface area is 106 Å². The summed E-state index contributed by atoms with van der Waals surface area (Å²) >= 11 is 5.77. The monoisotopic (exact) mass is 251 g/mol. The Kier molecular flexibility index (Phi) is 4.80. The minimum atomic E-state index is -0.170. The van der Waals surface area contributed by atoms with Gasteiger partial charge in [0, 0.05) is 23.8 Å². The smallest absolute Gasteiger partial charge is 0.255 e. The molecule has 4 nitrogen and oxygen atoms in total. The first-order chi connectivity index (χ1) is 8.10. The van der Waals surface area contributed by atoms with Crippen molar-refractivity contribution in [2.75, 3.05) is 18.8 Å². The van der Waals surface area contributed by atoms with Crippen LogP contribution in [0.5, 0.6) is 0 Å². The predicted octanol–water partition coefficient (Wildman–Crippen LogP) is 2.30. The molecule has 0 bridgehead atoms. The molecule has 0 spiro atoms.